The maximum absolute atomic E-state index is 12.9. The van der Waals surface area contributed by atoms with Gasteiger partial charge in [0.15, 0.2) is 0 Å². The first kappa shape index (κ1) is 15.9. The molecular formula is C16H24FN3O. The maximum Gasteiger partial charge on any atom is 0.233 e. The highest BCUT2D eigenvalue weighted by Crippen LogP contribution is 2.17. The Balaban J connectivity index is 1.77. The van der Waals surface area contributed by atoms with Gasteiger partial charge in [0, 0.05) is 32.2 Å². The first-order valence-electron chi connectivity index (χ1n) is 7.53. The van der Waals surface area contributed by atoms with Crippen LogP contribution in [0.2, 0.25) is 0 Å². The van der Waals surface area contributed by atoms with Gasteiger partial charge in [-0.2, -0.15) is 0 Å². The lowest BCUT2D eigenvalue weighted by molar-refractivity contribution is -0.122. The van der Waals surface area contributed by atoms with Crippen molar-refractivity contribution >= 4 is 5.91 Å². The number of halogens is 1. The zero-order valence-corrected chi connectivity index (χ0v) is 12.7. The van der Waals surface area contributed by atoms with Crippen LogP contribution in [0.4, 0.5) is 4.39 Å². The van der Waals surface area contributed by atoms with Gasteiger partial charge in [-0.25, -0.2) is 4.39 Å². The molecular weight excluding hydrogens is 269 g/mol. The smallest absolute Gasteiger partial charge is 0.233 e. The number of nitrogens with zero attached hydrogens (tertiary/aromatic N) is 1. The summed E-state index contributed by atoms with van der Waals surface area (Å²) in [5, 5.41) is 6.25. The van der Waals surface area contributed by atoms with Gasteiger partial charge in [-0.1, -0.05) is 12.1 Å². The second kappa shape index (κ2) is 7.52. The van der Waals surface area contributed by atoms with E-state index in [1.807, 2.05) is 12.1 Å². The van der Waals surface area contributed by atoms with E-state index in [0.717, 1.165) is 31.5 Å². The highest BCUT2D eigenvalue weighted by atomic mass is 19.1. The summed E-state index contributed by atoms with van der Waals surface area (Å²) in [6.45, 7) is 4.45. The summed E-state index contributed by atoms with van der Waals surface area (Å²) in [6.07, 6.45) is 2.06. The largest absolute Gasteiger partial charge is 0.358 e. The van der Waals surface area contributed by atoms with Crippen LogP contribution in [0.3, 0.4) is 0 Å². The Bertz CT molecular complexity index is 455. The Morgan fingerprint density at radius 3 is 2.52 bits per heavy atom. The second-order valence-corrected chi connectivity index (χ2v) is 5.66. The number of benzene rings is 1. The third kappa shape index (κ3) is 4.79. The van der Waals surface area contributed by atoms with Crippen LogP contribution < -0.4 is 10.6 Å². The van der Waals surface area contributed by atoms with Gasteiger partial charge < -0.3 is 10.6 Å². The first-order valence-corrected chi connectivity index (χ1v) is 7.53. The monoisotopic (exact) mass is 293 g/mol. The molecule has 1 amide bonds. The average molecular weight is 293 g/mol. The van der Waals surface area contributed by atoms with E-state index in [9.17, 15) is 9.18 Å². The summed E-state index contributed by atoms with van der Waals surface area (Å²) in [7, 11) is 1.67. The number of nitrogens with one attached hydrogen (secondary N) is 2. The fourth-order valence-corrected chi connectivity index (χ4v) is 2.74. The van der Waals surface area contributed by atoms with Crippen molar-refractivity contribution < 1.29 is 9.18 Å². The van der Waals surface area contributed by atoms with Crippen LogP contribution >= 0.6 is 0 Å². The lowest BCUT2D eigenvalue weighted by atomic mass is 10.0. The van der Waals surface area contributed by atoms with E-state index in [1.54, 1.807) is 7.05 Å². The molecule has 5 heteroatoms. The number of hydrogen-bond acceptors (Lipinski definition) is 3. The fraction of sp³-hybridized carbons (Fsp3) is 0.562. The van der Waals surface area contributed by atoms with Crippen molar-refractivity contribution in [1.82, 2.24) is 15.5 Å². The molecule has 1 saturated heterocycles. The Morgan fingerprint density at radius 1 is 1.33 bits per heavy atom. The van der Waals surface area contributed by atoms with Gasteiger partial charge in [0.1, 0.15) is 5.82 Å². The Labute approximate surface area is 125 Å². The van der Waals surface area contributed by atoms with Crippen molar-refractivity contribution in [1.29, 1.82) is 0 Å². The molecule has 1 fully saturated rings. The molecule has 2 rings (SSSR count). The van der Waals surface area contributed by atoms with Gasteiger partial charge >= 0.3 is 0 Å². The summed E-state index contributed by atoms with van der Waals surface area (Å²) in [4.78, 5) is 13.5. The Hall–Kier alpha value is -1.46. The normalized spacial score (nSPS) is 18.4. The van der Waals surface area contributed by atoms with E-state index in [-0.39, 0.29) is 17.8 Å². The van der Waals surface area contributed by atoms with Crippen LogP contribution in [0.15, 0.2) is 24.3 Å². The van der Waals surface area contributed by atoms with Crippen LogP contribution in [0.1, 0.15) is 31.4 Å². The Morgan fingerprint density at radius 2 is 1.95 bits per heavy atom. The molecule has 0 aromatic heterocycles. The van der Waals surface area contributed by atoms with E-state index < -0.39 is 0 Å². The molecule has 0 bridgehead atoms. The molecule has 116 valence electrons. The molecule has 1 aliphatic heterocycles. The summed E-state index contributed by atoms with van der Waals surface area (Å²) in [6, 6.07) is 7.31. The predicted octanol–water partition coefficient (Wildman–Crippen LogP) is 1.69. The third-order valence-corrected chi connectivity index (χ3v) is 4.09. The molecule has 1 aliphatic rings. The second-order valence-electron chi connectivity index (χ2n) is 5.66. The molecule has 4 nitrogen and oxygen atoms in total. The number of carbonyl (C=O) groups excluding carboxylic acids is 1. The fourth-order valence-electron chi connectivity index (χ4n) is 2.74. The SMILES string of the molecule is CNC(=O)CN1CCC(NC(C)c2ccc(F)cc2)CC1. The van der Waals surface area contributed by atoms with Crippen LogP contribution in [-0.2, 0) is 4.79 Å². The molecule has 1 atom stereocenters. The molecule has 0 aliphatic carbocycles. The molecule has 1 aromatic carbocycles. The number of carbonyl (C=O) groups is 1. The van der Waals surface area contributed by atoms with Crippen LogP contribution in [0.25, 0.3) is 0 Å². The van der Waals surface area contributed by atoms with Gasteiger partial charge in [-0.15, -0.1) is 0 Å². The van der Waals surface area contributed by atoms with E-state index in [4.69, 9.17) is 0 Å². The minimum atomic E-state index is -0.201. The number of amides is 1. The quantitative estimate of drug-likeness (QED) is 0.868. The molecule has 0 radical (unpaired) electrons. The molecule has 0 saturated carbocycles. The summed E-state index contributed by atoms with van der Waals surface area (Å²) in [5.74, 6) is -0.130. The van der Waals surface area contributed by atoms with Crippen molar-refractivity contribution in [2.24, 2.45) is 0 Å². The number of hydrogen-bond donors (Lipinski definition) is 2. The van der Waals surface area contributed by atoms with Gasteiger partial charge in [-0.05, 0) is 37.5 Å². The molecule has 21 heavy (non-hydrogen) atoms. The first-order chi connectivity index (χ1) is 10.1. The number of likely N-dealkylation sites (N-methyl/N-ethyl adjacent to an activating group) is 1. The van der Waals surface area contributed by atoms with Gasteiger partial charge in [0.2, 0.25) is 5.91 Å². The zero-order chi connectivity index (χ0) is 15.2. The minimum absolute atomic E-state index is 0.0705. The highest BCUT2D eigenvalue weighted by Gasteiger charge is 2.21. The third-order valence-electron chi connectivity index (χ3n) is 4.09. The van der Waals surface area contributed by atoms with Crippen molar-refractivity contribution in [3.05, 3.63) is 35.6 Å². The van der Waals surface area contributed by atoms with E-state index in [1.165, 1.54) is 12.1 Å². The van der Waals surface area contributed by atoms with E-state index in [2.05, 4.69) is 22.5 Å². The number of rotatable bonds is 5. The van der Waals surface area contributed by atoms with E-state index in [0.29, 0.717) is 12.6 Å². The summed E-state index contributed by atoms with van der Waals surface area (Å²) in [5.41, 5.74) is 1.10. The lowest BCUT2D eigenvalue weighted by Crippen LogP contribution is -2.46. The van der Waals surface area contributed by atoms with Gasteiger partial charge in [-0.3, -0.25) is 9.69 Å². The molecule has 0 spiro atoms. The standard InChI is InChI=1S/C16H24FN3O/c1-12(13-3-5-14(17)6-4-13)19-15-7-9-20(10-8-15)11-16(21)18-2/h3-6,12,15,19H,7-11H2,1-2H3,(H,18,21). The minimum Gasteiger partial charge on any atom is -0.358 e. The van der Waals surface area contributed by atoms with Crippen molar-refractivity contribution in [2.75, 3.05) is 26.7 Å². The highest BCUT2D eigenvalue weighted by molar-refractivity contribution is 5.77. The summed E-state index contributed by atoms with van der Waals surface area (Å²) < 4.78 is 12.9. The summed E-state index contributed by atoms with van der Waals surface area (Å²) >= 11 is 0. The average Bonchev–Trinajstić information content (AvgIpc) is 2.49. The zero-order valence-electron chi connectivity index (χ0n) is 12.7. The molecule has 1 unspecified atom stereocenters. The molecule has 2 N–H and O–H groups in total. The molecule has 1 heterocycles. The topological polar surface area (TPSA) is 44.4 Å². The molecule has 1 aromatic rings. The lowest BCUT2D eigenvalue weighted by Gasteiger charge is -2.33. The van der Waals surface area contributed by atoms with Gasteiger partial charge in [0.25, 0.3) is 0 Å². The van der Waals surface area contributed by atoms with Gasteiger partial charge in [0.05, 0.1) is 6.54 Å². The van der Waals surface area contributed by atoms with Crippen LogP contribution in [0, 0.1) is 5.82 Å². The number of likely N-dealkylation sites (tertiary alicyclic amines) is 1. The van der Waals surface area contributed by atoms with Crippen molar-refractivity contribution in [3.63, 3.8) is 0 Å². The number of piperidine rings is 1. The van der Waals surface area contributed by atoms with Crippen LogP contribution in [-0.4, -0.2) is 43.5 Å². The van der Waals surface area contributed by atoms with Crippen LogP contribution in [0.5, 0.6) is 0 Å². The predicted molar refractivity (Wildman–Crippen MR) is 81.5 cm³/mol. The Kier molecular flexibility index (Phi) is 5.70. The van der Waals surface area contributed by atoms with Crippen molar-refractivity contribution in [3.8, 4) is 0 Å². The van der Waals surface area contributed by atoms with Crippen molar-refractivity contribution in [2.45, 2.75) is 31.8 Å². The van der Waals surface area contributed by atoms with E-state index >= 15 is 0 Å². The maximum atomic E-state index is 12.9.